The second-order valence-electron chi connectivity index (χ2n) is 6.28. The van der Waals surface area contributed by atoms with Gasteiger partial charge in [0.05, 0.1) is 10.4 Å². The van der Waals surface area contributed by atoms with Gasteiger partial charge >= 0.3 is 0 Å². The lowest BCUT2D eigenvalue weighted by Crippen LogP contribution is -2.51. The Kier molecular flexibility index (Phi) is 3.90. The van der Waals surface area contributed by atoms with Crippen LogP contribution in [0.5, 0.6) is 0 Å². The summed E-state index contributed by atoms with van der Waals surface area (Å²) >= 11 is 1.69. The van der Waals surface area contributed by atoms with Gasteiger partial charge in [-0.1, -0.05) is 0 Å². The molecule has 0 radical (unpaired) electrons. The molecule has 4 heterocycles. The van der Waals surface area contributed by atoms with Crippen molar-refractivity contribution in [3.8, 4) is 0 Å². The monoisotopic (exact) mass is 331 g/mol. The molecule has 1 fully saturated rings. The summed E-state index contributed by atoms with van der Waals surface area (Å²) in [5.74, 6) is 0.683. The Balaban J connectivity index is 1.72. The molecule has 1 saturated heterocycles. The van der Waals surface area contributed by atoms with Crippen molar-refractivity contribution in [2.75, 3.05) is 13.2 Å². The van der Waals surface area contributed by atoms with Gasteiger partial charge in [-0.25, -0.2) is 9.98 Å². The van der Waals surface area contributed by atoms with Gasteiger partial charge in [-0.15, -0.1) is 11.3 Å². The molecule has 7 heteroatoms. The van der Waals surface area contributed by atoms with Crippen molar-refractivity contribution in [1.29, 1.82) is 0 Å². The maximum absolute atomic E-state index is 5.94. The normalized spacial score (nSPS) is 28.7. The summed E-state index contributed by atoms with van der Waals surface area (Å²) in [7, 11) is 0. The quantitative estimate of drug-likeness (QED) is 0.900. The predicted octanol–water partition coefficient (Wildman–Crippen LogP) is 2.10. The van der Waals surface area contributed by atoms with Gasteiger partial charge in [-0.3, -0.25) is 4.98 Å². The minimum Gasteiger partial charge on any atom is -0.381 e. The molecule has 4 rings (SSSR count). The highest BCUT2D eigenvalue weighted by atomic mass is 32.1. The molecule has 2 unspecified atom stereocenters. The highest BCUT2D eigenvalue weighted by Gasteiger charge is 2.39. The van der Waals surface area contributed by atoms with Crippen LogP contribution in [0.15, 0.2) is 27.9 Å². The van der Waals surface area contributed by atoms with Crippen LogP contribution in [0, 0.1) is 5.92 Å². The maximum Gasteiger partial charge on any atom is 0.217 e. The average Bonchev–Trinajstić information content (AvgIpc) is 3.09. The van der Waals surface area contributed by atoms with E-state index >= 15 is 0 Å². The van der Waals surface area contributed by atoms with Crippen LogP contribution in [-0.2, 0) is 4.74 Å². The highest BCUT2D eigenvalue weighted by molar-refractivity contribution is 7.10. The molecule has 6 nitrogen and oxygen atoms in total. The molecule has 0 spiro atoms. The van der Waals surface area contributed by atoms with Gasteiger partial charge < -0.3 is 15.4 Å². The minimum atomic E-state index is 0.0623. The van der Waals surface area contributed by atoms with Crippen LogP contribution < -0.4 is 5.73 Å². The molecule has 2 N–H and O–H groups in total. The number of nitrogens with zero attached hydrogens (tertiary/aromatic N) is 4. The number of rotatable bonds is 2. The Morgan fingerprint density at radius 2 is 2.17 bits per heavy atom. The van der Waals surface area contributed by atoms with E-state index in [9.17, 15) is 0 Å². The van der Waals surface area contributed by atoms with Crippen molar-refractivity contribution in [2.45, 2.75) is 38.4 Å². The van der Waals surface area contributed by atoms with E-state index in [1.54, 1.807) is 11.3 Å². The van der Waals surface area contributed by atoms with Crippen molar-refractivity contribution in [3.05, 3.63) is 22.8 Å². The molecule has 23 heavy (non-hydrogen) atoms. The third-order valence-corrected chi connectivity index (χ3v) is 5.71. The van der Waals surface area contributed by atoms with E-state index in [0.29, 0.717) is 12.0 Å². The first-order valence-corrected chi connectivity index (χ1v) is 8.93. The molecule has 0 aromatic carbocycles. The first kappa shape index (κ1) is 14.8. The van der Waals surface area contributed by atoms with Crippen molar-refractivity contribution in [3.63, 3.8) is 0 Å². The molecule has 2 atom stereocenters. The number of thiazole rings is 1. The second kappa shape index (κ2) is 6.05. The van der Waals surface area contributed by atoms with Crippen LogP contribution in [0.1, 0.15) is 31.1 Å². The third kappa shape index (κ3) is 2.79. The molecule has 0 amide bonds. The van der Waals surface area contributed by atoms with Gasteiger partial charge in [0, 0.05) is 43.3 Å². The van der Waals surface area contributed by atoms with Crippen molar-refractivity contribution in [2.24, 2.45) is 21.6 Å². The SMILES string of the molecule is CC1=NC(N)=NC2C1CC(c1cncs1)=CN2C1CCOCC1. The fourth-order valence-corrected chi connectivity index (χ4v) is 4.29. The fourth-order valence-electron chi connectivity index (χ4n) is 3.65. The van der Waals surface area contributed by atoms with Crippen LogP contribution in [0.2, 0.25) is 0 Å². The summed E-state index contributed by atoms with van der Waals surface area (Å²) in [5, 5.41) is 0. The lowest BCUT2D eigenvalue weighted by Gasteiger charge is -2.45. The van der Waals surface area contributed by atoms with Crippen LogP contribution in [0.4, 0.5) is 0 Å². The predicted molar refractivity (Wildman–Crippen MR) is 92.4 cm³/mol. The van der Waals surface area contributed by atoms with E-state index < -0.39 is 0 Å². The summed E-state index contributed by atoms with van der Waals surface area (Å²) in [6.07, 6.45) is 7.29. The number of fused-ring (bicyclic) bond motifs is 1. The first-order chi connectivity index (χ1) is 11.2. The van der Waals surface area contributed by atoms with E-state index in [-0.39, 0.29) is 12.1 Å². The smallest absolute Gasteiger partial charge is 0.217 e. The van der Waals surface area contributed by atoms with Gasteiger partial charge in [-0.05, 0) is 31.8 Å². The summed E-state index contributed by atoms with van der Waals surface area (Å²) in [4.78, 5) is 16.9. The van der Waals surface area contributed by atoms with Crippen molar-refractivity contribution < 1.29 is 4.74 Å². The summed E-state index contributed by atoms with van der Waals surface area (Å²) in [6, 6.07) is 0.446. The molecule has 1 aromatic rings. The van der Waals surface area contributed by atoms with Gasteiger partial charge in [0.1, 0.15) is 6.17 Å². The van der Waals surface area contributed by atoms with Crippen molar-refractivity contribution >= 4 is 28.6 Å². The Morgan fingerprint density at radius 1 is 1.35 bits per heavy atom. The lowest BCUT2D eigenvalue weighted by atomic mass is 9.86. The summed E-state index contributed by atoms with van der Waals surface area (Å²) < 4.78 is 5.53. The molecule has 3 aliphatic rings. The number of hydrogen-bond donors (Lipinski definition) is 1. The molecule has 0 aliphatic carbocycles. The van der Waals surface area contributed by atoms with E-state index in [0.717, 1.165) is 38.2 Å². The Morgan fingerprint density at radius 3 is 2.91 bits per heavy atom. The third-order valence-electron chi connectivity index (χ3n) is 4.86. The fraction of sp³-hybridized carbons (Fsp3) is 0.562. The first-order valence-electron chi connectivity index (χ1n) is 8.05. The zero-order valence-electron chi connectivity index (χ0n) is 13.2. The number of aliphatic imine (C=N–C) groups is 2. The number of nitrogens with two attached hydrogens (primary N) is 1. The number of guanidine groups is 1. The Labute approximate surface area is 139 Å². The highest BCUT2D eigenvalue weighted by Crippen LogP contribution is 2.38. The van der Waals surface area contributed by atoms with Crippen molar-refractivity contribution in [1.82, 2.24) is 9.88 Å². The molecular formula is C16H21N5OS. The van der Waals surface area contributed by atoms with E-state index in [2.05, 4.69) is 33.0 Å². The zero-order chi connectivity index (χ0) is 15.8. The summed E-state index contributed by atoms with van der Waals surface area (Å²) in [6.45, 7) is 3.69. The van der Waals surface area contributed by atoms with Crippen LogP contribution in [-0.4, -0.2) is 47.0 Å². The van der Waals surface area contributed by atoms with E-state index in [1.165, 1.54) is 10.5 Å². The number of ether oxygens (including phenoxy) is 1. The minimum absolute atomic E-state index is 0.0623. The topological polar surface area (TPSA) is 76.1 Å². The van der Waals surface area contributed by atoms with E-state index in [4.69, 9.17) is 10.5 Å². The van der Waals surface area contributed by atoms with Crippen LogP contribution in [0.25, 0.3) is 5.57 Å². The van der Waals surface area contributed by atoms with Gasteiger partial charge in [0.25, 0.3) is 0 Å². The molecule has 0 bridgehead atoms. The van der Waals surface area contributed by atoms with Crippen LogP contribution in [0.3, 0.4) is 0 Å². The van der Waals surface area contributed by atoms with Gasteiger partial charge in [0.2, 0.25) is 5.96 Å². The second-order valence-corrected chi connectivity index (χ2v) is 7.16. The summed E-state index contributed by atoms with van der Waals surface area (Å²) in [5.41, 5.74) is 10.2. The van der Waals surface area contributed by atoms with Gasteiger partial charge in [0.15, 0.2) is 0 Å². The molecule has 122 valence electrons. The maximum atomic E-state index is 5.94. The largest absolute Gasteiger partial charge is 0.381 e. The molecule has 0 saturated carbocycles. The standard InChI is InChI=1S/C16H21N5OS/c1-10-13-6-11(14-7-18-9-23-14)8-21(12-2-4-22-5-3-12)15(13)20-16(17)19-10/h7-9,12-13,15H,2-6H2,1H3,(H2,17,20). The molecule has 1 aromatic heterocycles. The molecular weight excluding hydrogens is 310 g/mol. The number of allylic oxidation sites excluding steroid dienone is 1. The van der Waals surface area contributed by atoms with Crippen LogP contribution >= 0.6 is 11.3 Å². The zero-order valence-corrected chi connectivity index (χ0v) is 14.0. The Bertz CT molecular complexity index is 660. The number of hydrogen-bond acceptors (Lipinski definition) is 7. The number of aromatic nitrogens is 1. The van der Waals surface area contributed by atoms with Gasteiger partial charge in [-0.2, -0.15) is 0 Å². The molecule has 3 aliphatic heterocycles. The van der Waals surface area contributed by atoms with E-state index in [1.807, 2.05) is 11.7 Å². The Hall–Kier alpha value is -1.73. The lowest BCUT2D eigenvalue weighted by molar-refractivity contribution is 0.0313. The average molecular weight is 331 g/mol.